The number of anilines is 2. The van der Waals surface area contributed by atoms with Crippen molar-refractivity contribution in [3.05, 3.63) is 52.0 Å². The molecule has 0 atom stereocenters. The largest absolute Gasteiger partial charge is 0.482 e. The normalized spacial score (nSPS) is 10.2. The van der Waals surface area contributed by atoms with Crippen molar-refractivity contribution in [1.82, 2.24) is 0 Å². The zero-order valence-electron chi connectivity index (χ0n) is 11.3. The predicted molar refractivity (Wildman–Crippen MR) is 86.2 cm³/mol. The standard InChI is InChI=1S/C15H14Cl2N2O2/c1-9-2-5-14(11(17)6-9)21-8-15(20)19-13-4-3-10(16)7-12(13)18/h2-7H,8,18H2,1H3,(H,19,20). The van der Waals surface area contributed by atoms with Gasteiger partial charge in [-0.25, -0.2) is 0 Å². The number of nitrogens with two attached hydrogens (primary N) is 1. The fourth-order valence-corrected chi connectivity index (χ4v) is 2.17. The summed E-state index contributed by atoms with van der Waals surface area (Å²) in [6.07, 6.45) is 0. The summed E-state index contributed by atoms with van der Waals surface area (Å²) < 4.78 is 5.38. The van der Waals surface area contributed by atoms with Crippen LogP contribution in [0, 0.1) is 6.92 Å². The van der Waals surface area contributed by atoms with E-state index in [2.05, 4.69) is 5.32 Å². The molecular formula is C15H14Cl2N2O2. The van der Waals surface area contributed by atoms with Crippen LogP contribution in [-0.4, -0.2) is 12.5 Å². The molecule has 0 fully saturated rings. The molecule has 0 heterocycles. The molecule has 3 N–H and O–H groups in total. The van der Waals surface area contributed by atoms with E-state index < -0.39 is 0 Å². The number of benzene rings is 2. The van der Waals surface area contributed by atoms with E-state index in [1.165, 1.54) is 0 Å². The molecule has 0 radical (unpaired) electrons. The summed E-state index contributed by atoms with van der Waals surface area (Å²) in [6, 6.07) is 10.2. The number of carbonyl (C=O) groups excluding carboxylic acids is 1. The Hall–Kier alpha value is -1.91. The molecule has 21 heavy (non-hydrogen) atoms. The maximum Gasteiger partial charge on any atom is 0.262 e. The van der Waals surface area contributed by atoms with E-state index in [-0.39, 0.29) is 12.5 Å². The third kappa shape index (κ3) is 4.28. The van der Waals surface area contributed by atoms with Crippen molar-refractivity contribution in [3.8, 4) is 5.75 Å². The zero-order chi connectivity index (χ0) is 15.4. The van der Waals surface area contributed by atoms with Gasteiger partial charge in [0.15, 0.2) is 6.61 Å². The second-order valence-electron chi connectivity index (χ2n) is 4.50. The van der Waals surface area contributed by atoms with Gasteiger partial charge in [0, 0.05) is 5.02 Å². The first-order valence-electron chi connectivity index (χ1n) is 6.19. The summed E-state index contributed by atoms with van der Waals surface area (Å²) in [5.41, 5.74) is 7.66. The number of carbonyl (C=O) groups is 1. The Labute approximate surface area is 132 Å². The predicted octanol–water partition coefficient (Wildman–Crippen LogP) is 3.90. The quantitative estimate of drug-likeness (QED) is 0.838. The maximum atomic E-state index is 11.8. The molecule has 2 aromatic rings. The smallest absolute Gasteiger partial charge is 0.262 e. The lowest BCUT2D eigenvalue weighted by atomic mass is 10.2. The van der Waals surface area contributed by atoms with Crippen LogP contribution in [0.4, 0.5) is 11.4 Å². The van der Waals surface area contributed by atoms with Gasteiger partial charge in [-0.05, 0) is 42.8 Å². The van der Waals surface area contributed by atoms with Crippen LogP contribution in [-0.2, 0) is 4.79 Å². The van der Waals surface area contributed by atoms with Gasteiger partial charge < -0.3 is 15.8 Å². The Balaban J connectivity index is 1.96. The van der Waals surface area contributed by atoms with Crippen molar-refractivity contribution >= 4 is 40.5 Å². The summed E-state index contributed by atoms with van der Waals surface area (Å²) in [5, 5.41) is 3.62. The van der Waals surface area contributed by atoms with E-state index in [1.54, 1.807) is 30.3 Å². The molecule has 1 amide bonds. The molecule has 6 heteroatoms. The van der Waals surface area contributed by atoms with Crippen LogP contribution in [0.25, 0.3) is 0 Å². The average molecular weight is 325 g/mol. The van der Waals surface area contributed by atoms with Gasteiger partial charge in [-0.2, -0.15) is 0 Å². The second-order valence-corrected chi connectivity index (χ2v) is 5.35. The number of nitrogens with one attached hydrogen (secondary N) is 1. The highest BCUT2D eigenvalue weighted by Gasteiger charge is 2.08. The number of aryl methyl sites for hydroxylation is 1. The number of rotatable bonds is 4. The third-order valence-corrected chi connectivity index (χ3v) is 3.26. The lowest BCUT2D eigenvalue weighted by Gasteiger charge is -2.10. The Morgan fingerprint density at radius 2 is 2.00 bits per heavy atom. The summed E-state index contributed by atoms with van der Waals surface area (Å²) in [5.74, 6) is 0.127. The van der Waals surface area contributed by atoms with E-state index in [1.807, 2.05) is 13.0 Å². The van der Waals surface area contributed by atoms with Crippen LogP contribution in [0.15, 0.2) is 36.4 Å². The van der Waals surface area contributed by atoms with Crippen LogP contribution in [0.1, 0.15) is 5.56 Å². The Kier molecular flexibility index (Phi) is 4.94. The van der Waals surface area contributed by atoms with Crippen LogP contribution in [0.3, 0.4) is 0 Å². The number of hydrogen-bond acceptors (Lipinski definition) is 3. The molecule has 0 aliphatic heterocycles. The number of nitrogen functional groups attached to an aromatic ring is 1. The van der Waals surface area contributed by atoms with Gasteiger partial charge in [-0.1, -0.05) is 29.3 Å². The van der Waals surface area contributed by atoms with Gasteiger partial charge in [0.1, 0.15) is 5.75 Å². The molecule has 0 bridgehead atoms. The first kappa shape index (κ1) is 15.5. The Morgan fingerprint density at radius 1 is 1.24 bits per heavy atom. The van der Waals surface area contributed by atoms with Gasteiger partial charge in [0.2, 0.25) is 0 Å². The topological polar surface area (TPSA) is 64.3 Å². The second kappa shape index (κ2) is 6.70. The summed E-state index contributed by atoms with van der Waals surface area (Å²) >= 11 is 11.8. The van der Waals surface area contributed by atoms with E-state index in [0.29, 0.717) is 27.2 Å². The molecule has 0 aliphatic carbocycles. The highest BCUT2D eigenvalue weighted by atomic mass is 35.5. The molecule has 110 valence electrons. The van der Waals surface area contributed by atoms with Crippen molar-refractivity contribution in [2.24, 2.45) is 0 Å². The minimum atomic E-state index is -0.333. The number of ether oxygens (including phenoxy) is 1. The number of amides is 1. The SMILES string of the molecule is Cc1ccc(OCC(=O)Nc2ccc(Cl)cc2N)c(Cl)c1. The van der Waals surface area contributed by atoms with E-state index in [9.17, 15) is 4.79 Å². The van der Waals surface area contributed by atoms with Crippen LogP contribution >= 0.6 is 23.2 Å². The van der Waals surface area contributed by atoms with Gasteiger partial charge in [-0.3, -0.25) is 4.79 Å². The van der Waals surface area contributed by atoms with E-state index in [4.69, 9.17) is 33.7 Å². The fraction of sp³-hybridized carbons (Fsp3) is 0.133. The zero-order valence-corrected chi connectivity index (χ0v) is 12.8. The molecule has 2 rings (SSSR count). The molecule has 0 spiro atoms. The number of halogens is 2. The molecular weight excluding hydrogens is 311 g/mol. The Bertz CT molecular complexity index is 675. The van der Waals surface area contributed by atoms with Gasteiger partial charge in [0.05, 0.1) is 16.4 Å². The molecule has 2 aromatic carbocycles. The molecule has 0 aromatic heterocycles. The monoisotopic (exact) mass is 324 g/mol. The van der Waals surface area contributed by atoms with Crippen LogP contribution in [0.5, 0.6) is 5.75 Å². The van der Waals surface area contributed by atoms with Crippen molar-refractivity contribution in [3.63, 3.8) is 0 Å². The summed E-state index contributed by atoms with van der Waals surface area (Å²) in [6.45, 7) is 1.76. The lowest BCUT2D eigenvalue weighted by Crippen LogP contribution is -2.20. The van der Waals surface area contributed by atoms with Crippen molar-refractivity contribution < 1.29 is 9.53 Å². The Morgan fingerprint density at radius 3 is 2.67 bits per heavy atom. The molecule has 0 saturated heterocycles. The average Bonchev–Trinajstić information content (AvgIpc) is 2.41. The highest BCUT2D eigenvalue weighted by molar-refractivity contribution is 6.32. The van der Waals surface area contributed by atoms with Gasteiger partial charge in [0.25, 0.3) is 5.91 Å². The third-order valence-electron chi connectivity index (χ3n) is 2.73. The first-order chi connectivity index (χ1) is 9.95. The lowest BCUT2D eigenvalue weighted by molar-refractivity contribution is -0.118. The summed E-state index contributed by atoms with van der Waals surface area (Å²) in [7, 11) is 0. The van der Waals surface area contributed by atoms with E-state index in [0.717, 1.165) is 5.56 Å². The van der Waals surface area contributed by atoms with Gasteiger partial charge >= 0.3 is 0 Å². The molecule has 0 aliphatic rings. The van der Waals surface area contributed by atoms with Crippen molar-refractivity contribution in [2.45, 2.75) is 6.92 Å². The highest BCUT2D eigenvalue weighted by Crippen LogP contribution is 2.25. The van der Waals surface area contributed by atoms with Crippen LogP contribution < -0.4 is 15.8 Å². The van der Waals surface area contributed by atoms with Crippen LogP contribution in [0.2, 0.25) is 10.0 Å². The maximum absolute atomic E-state index is 11.8. The summed E-state index contributed by atoms with van der Waals surface area (Å²) in [4.78, 5) is 11.8. The van der Waals surface area contributed by atoms with Crippen molar-refractivity contribution in [1.29, 1.82) is 0 Å². The van der Waals surface area contributed by atoms with Gasteiger partial charge in [-0.15, -0.1) is 0 Å². The van der Waals surface area contributed by atoms with E-state index >= 15 is 0 Å². The first-order valence-corrected chi connectivity index (χ1v) is 6.95. The van der Waals surface area contributed by atoms with Crippen molar-refractivity contribution in [2.75, 3.05) is 17.7 Å². The minimum Gasteiger partial charge on any atom is -0.482 e. The minimum absolute atomic E-state index is 0.162. The molecule has 0 saturated carbocycles. The molecule has 0 unspecified atom stereocenters. The molecule has 4 nitrogen and oxygen atoms in total. The fourth-order valence-electron chi connectivity index (χ4n) is 1.70. The number of hydrogen-bond donors (Lipinski definition) is 2.